The van der Waals surface area contributed by atoms with Gasteiger partial charge in [-0.3, -0.25) is 0 Å². The molecule has 0 nitrogen and oxygen atoms in total. The van der Waals surface area contributed by atoms with Crippen LogP contribution in [0.25, 0.3) is 0 Å². The lowest BCUT2D eigenvalue weighted by molar-refractivity contribution is 1.05. The summed E-state index contributed by atoms with van der Waals surface area (Å²) in [6.07, 6.45) is 25.0. The Morgan fingerprint density at radius 3 is 1.77 bits per heavy atom. The first-order valence-electron chi connectivity index (χ1n) is 4.65. The minimum atomic E-state index is 1.11. The van der Waals surface area contributed by atoms with Crippen molar-refractivity contribution in [1.82, 2.24) is 0 Å². The van der Waals surface area contributed by atoms with Crippen molar-refractivity contribution < 1.29 is 0 Å². The van der Waals surface area contributed by atoms with Gasteiger partial charge in [0.25, 0.3) is 0 Å². The smallest absolute Gasteiger partial charge is 0.00473 e. The van der Waals surface area contributed by atoms with Gasteiger partial charge in [0, 0.05) is 6.42 Å². The highest BCUT2D eigenvalue weighted by Gasteiger charge is 1.76. The Morgan fingerprint density at radius 1 is 0.462 bits per heavy atom. The summed E-state index contributed by atoms with van der Waals surface area (Å²) in [4.78, 5) is 0. The van der Waals surface area contributed by atoms with Crippen LogP contribution in [-0.2, 0) is 0 Å². The molecular weight excluding hydrogens is 156 g/mol. The second kappa shape index (κ2) is 7.35. The van der Waals surface area contributed by atoms with E-state index in [1.54, 1.807) is 0 Å². The molecule has 0 atom stereocenters. The van der Waals surface area contributed by atoms with E-state index in [4.69, 9.17) is 0 Å². The minimum Gasteiger partial charge on any atom is -0.0876 e. The van der Waals surface area contributed by atoms with E-state index in [2.05, 4.69) is 36.8 Å². The Labute approximate surface area is 80.7 Å². The van der Waals surface area contributed by atoms with Gasteiger partial charge in [-0.25, -0.2) is 0 Å². The van der Waals surface area contributed by atoms with Crippen LogP contribution in [0.4, 0.5) is 0 Å². The molecule has 0 fully saturated rings. The van der Waals surface area contributed by atoms with Crippen molar-refractivity contribution in [3.05, 3.63) is 67.2 Å². The van der Waals surface area contributed by atoms with Crippen LogP contribution >= 0.6 is 0 Å². The molecule has 0 spiro atoms. The van der Waals surface area contributed by atoms with Crippen molar-refractivity contribution in [1.29, 1.82) is 0 Å². The molecule has 0 unspecified atom stereocenters. The third-order valence-corrected chi connectivity index (χ3v) is 1.66. The number of hydrogen-bond donors (Lipinski definition) is 0. The summed E-state index contributed by atoms with van der Waals surface area (Å²) < 4.78 is 0. The second-order valence-electron chi connectivity index (χ2n) is 2.78. The Balaban J connectivity index is 2.50. The predicted octanol–water partition coefficient (Wildman–Crippen LogP) is 3.77. The minimum absolute atomic E-state index is 1.11. The van der Waals surface area contributed by atoms with E-state index in [0.29, 0.717) is 0 Å². The van der Waals surface area contributed by atoms with Gasteiger partial charge in [0.1, 0.15) is 0 Å². The molecule has 0 aromatic carbocycles. The molecule has 0 aliphatic heterocycles. The molecular formula is C13H15. The van der Waals surface area contributed by atoms with Gasteiger partial charge in [-0.15, -0.1) is 0 Å². The largest absolute Gasteiger partial charge is 0.0876 e. The summed E-state index contributed by atoms with van der Waals surface area (Å²) in [5.41, 5.74) is 0. The lowest BCUT2D eigenvalue weighted by atomic mass is 10.2. The molecule has 0 heteroatoms. The molecule has 67 valence electrons. The highest BCUT2D eigenvalue weighted by Crippen LogP contribution is 1.96. The zero-order valence-corrected chi connectivity index (χ0v) is 7.77. The van der Waals surface area contributed by atoms with Crippen molar-refractivity contribution in [3.8, 4) is 0 Å². The fourth-order valence-electron chi connectivity index (χ4n) is 0.991. The maximum absolute atomic E-state index is 2.18. The molecule has 1 aliphatic rings. The van der Waals surface area contributed by atoms with Crippen molar-refractivity contribution >= 4 is 0 Å². The van der Waals surface area contributed by atoms with Gasteiger partial charge < -0.3 is 0 Å². The van der Waals surface area contributed by atoms with E-state index in [0.717, 1.165) is 12.8 Å². The van der Waals surface area contributed by atoms with Crippen LogP contribution in [0.2, 0.25) is 0 Å². The van der Waals surface area contributed by atoms with E-state index in [-0.39, 0.29) is 0 Å². The molecule has 0 saturated carbocycles. The average Bonchev–Trinajstić information content (AvgIpc) is 2.18. The molecule has 0 N–H and O–H groups in total. The van der Waals surface area contributed by atoms with Crippen LogP contribution in [0, 0.1) is 6.42 Å². The normalized spacial score (nSPS) is 30.2. The van der Waals surface area contributed by atoms with E-state index >= 15 is 0 Å². The Kier molecular flexibility index (Phi) is 5.54. The fourth-order valence-corrected chi connectivity index (χ4v) is 0.991. The summed E-state index contributed by atoms with van der Waals surface area (Å²) in [7, 11) is 0. The standard InChI is InChI=1S/C13H15/c1-2-4-6-8-10-12-13-11-9-7-5-3-1/h1-11H,12-13H2/b2-1+,5-3+,6-4-,10-8+,11-9+. The number of allylic oxidation sites excluding steroid dienone is 10. The van der Waals surface area contributed by atoms with Crippen molar-refractivity contribution in [2.75, 3.05) is 0 Å². The van der Waals surface area contributed by atoms with Gasteiger partial charge in [-0.1, -0.05) is 60.8 Å². The van der Waals surface area contributed by atoms with Crippen LogP contribution in [0.5, 0.6) is 0 Å². The first-order chi connectivity index (χ1) is 6.50. The molecule has 1 aliphatic carbocycles. The van der Waals surface area contributed by atoms with Gasteiger partial charge in [0.2, 0.25) is 0 Å². The predicted molar refractivity (Wildman–Crippen MR) is 59.2 cm³/mol. The highest BCUT2D eigenvalue weighted by atomic mass is 13.8. The molecule has 1 rings (SSSR count). The average molecular weight is 171 g/mol. The highest BCUT2D eigenvalue weighted by molar-refractivity contribution is 5.19. The zero-order valence-electron chi connectivity index (χ0n) is 7.77. The summed E-state index contributed by atoms with van der Waals surface area (Å²) in [5, 5.41) is 0. The van der Waals surface area contributed by atoms with E-state index in [1.165, 1.54) is 0 Å². The van der Waals surface area contributed by atoms with Gasteiger partial charge in [0.05, 0.1) is 0 Å². The molecule has 0 bridgehead atoms. The number of rotatable bonds is 0. The van der Waals surface area contributed by atoms with Gasteiger partial charge in [-0.05, 0) is 12.8 Å². The van der Waals surface area contributed by atoms with E-state index in [9.17, 15) is 0 Å². The van der Waals surface area contributed by atoms with E-state index in [1.807, 2.05) is 30.4 Å². The molecule has 1 radical (unpaired) electrons. The Hall–Kier alpha value is -1.30. The third-order valence-electron chi connectivity index (χ3n) is 1.66. The van der Waals surface area contributed by atoms with E-state index < -0.39 is 0 Å². The molecule has 0 amide bonds. The molecule has 13 heavy (non-hydrogen) atoms. The zero-order chi connectivity index (χ0) is 9.19. The van der Waals surface area contributed by atoms with Crippen LogP contribution in [0.3, 0.4) is 0 Å². The van der Waals surface area contributed by atoms with Gasteiger partial charge in [0.15, 0.2) is 0 Å². The van der Waals surface area contributed by atoms with Gasteiger partial charge in [-0.2, -0.15) is 0 Å². The van der Waals surface area contributed by atoms with Crippen LogP contribution in [-0.4, -0.2) is 0 Å². The molecule has 0 aromatic heterocycles. The molecule has 0 aromatic rings. The quantitative estimate of drug-likeness (QED) is 0.520. The fraction of sp³-hybridized carbons (Fsp3) is 0.154. The molecule has 0 heterocycles. The molecule has 0 saturated heterocycles. The summed E-state index contributed by atoms with van der Waals surface area (Å²) >= 11 is 0. The number of hydrogen-bond acceptors (Lipinski definition) is 0. The van der Waals surface area contributed by atoms with Crippen molar-refractivity contribution in [2.24, 2.45) is 0 Å². The SMILES string of the molecule is [CH]1/C=C/C=C/C=C\C=C\CC/C=C/1. The first-order valence-corrected chi connectivity index (χ1v) is 4.65. The van der Waals surface area contributed by atoms with Crippen molar-refractivity contribution in [2.45, 2.75) is 12.8 Å². The topological polar surface area (TPSA) is 0 Å². The van der Waals surface area contributed by atoms with Crippen LogP contribution in [0.15, 0.2) is 60.8 Å². The second-order valence-corrected chi connectivity index (χ2v) is 2.78. The lowest BCUT2D eigenvalue weighted by Crippen LogP contribution is -1.64. The Bertz CT molecular complexity index is 249. The van der Waals surface area contributed by atoms with Crippen molar-refractivity contribution in [3.63, 3.8) is 0 Å². The summed E-state index contributed by atoms with van der Waals surface area (Å²) in [6, 6.07) is 0. The lowest BCUT2D eigenvalue weighted by Gasteiger charge is -1.84. The first kappa shape index (κ1) is 9.79. The Morgan fingerprint density at radius 2 is 1.00 bits per heavy atom. The maximum atomic E-state index is 2.18. The van der Waals surface area contributed by atoms with Crippen LogP contribution in [0.1, 0.15) is 12.8 Å². The third kappa shape index (κ3) is 5.92. The maximum Gasteiger partial charge on any atom is 0.00473 e. The van der Waals surface area contributed by atoms with Gasteiger partial charge >= 0.3 is 0 Å². The summed E-state index contributed by atoms with van der Waals surface area (Å²) in [5.74, 6) is 0. The monoisotopic (exact) mass is 171 g/mol. The van der Waals surface area contributed by atoms with Crippen LogP contribution < -0.4 is 0 Å². The summed E-state index contributed by atoms with van der Waals surface area (Å²) in [6.45, 7) is 0.